The minimum absolute atomic E-state index is 0.0310. The first-order chi connectivity index (χ1) is 7.16. The largest absolute Gasteiger partial charge is 0.481 e. The summed E-state index contributed by atoms with van der Waals surface area (Å²) < 4.78 is 1.86. The lowest BCUT2D eigenvalue weighted by molar-refractivity contribution is -0.143. The molecule has 1 N–H and O–H groups in total. The molecule has 15 heavy (non-hydrogen) atoms. The first kappa shape index (κ1) is 11.8. The van der Waals surface area contributed by atoms with Gasteiger partial charge in [0, 0.05) is 18.4 Å². The van der Waals surface area contributed by atoms with Crippen LogP contribution in [0.5, 0.6) is 0 Å². The lowest BCUT2D eigenvalue weighted by atomic mass is 9.95. The number of aliphatic carboxylic acids is 1. The van der Waals surface area contributed by atoms with Gasteiger partial charge in [0.05, 0.1) is 12.2 Å². The topological polar surface area (TPSA) is 55.1 Å². The van der Waals surface area contributed by atoms with Crippen molar-refractivity contribution in [3.8, 4) is 0 Å². The second-order valence-electron chi connectivity index (χ2n) is 3.84. The van der Waals surface area contributed by atoms with Crippen LogP contribution in [0.15, 0.2) is 18.7 Å². The molecule has 0 bridgehead atoms. The summed E-state index contributed by atoms with van der Waals surface area (Å²) >= 11 is 0. The molecule has 2 unspecified atom stereocenters. The van der Waals surface area contributed by atoms with Gasteiger partial charge in [-0.15, -0.1) is 0 Å². The molecule has 1 heterocycles. The smallest absolute Gasteiger partial charge is 0.308 e. The highest BCUT2D eigenvalue weighted by molar-refractivity contribution is 5.70. The van der Waals surface area contributed by atoms with Crippen LogP contribution < -0.4 is 0 Å². The Morgan fingerprint density at radius 3 is 2.80 bits per heavy atom. The van der Waals surface area contributed by atoms with Crippen LogP contribution in [0.3, 0.4) is 0 Å². The molecule has 0 saturated carbocycles. The minimum Gasteiger partial charge on any atom is -0.481 e. The van der Waals surface area contributed by atoms with E-state index in [9.17, 15) is 4.79 Å². The van der Waals surface area contributed by atoms with Crippen LogP contribution >= 0.6 is 0 Å². The summed E-state index contributed by atoms with van der Waals surface area (Å²) in [4.78, 5) is 15.0. The van der Waals surface area contributed by atoms with E-state index in [2.05, 4.69) is 11.9 Å². The predicted octanol–water partition coefficient (Wildman–Crippen LogP) is 2.34. The van der Waals surface area contributed by atoms with E-state index in [4.69, 9.17) is 5.11 Å². The average Bonchev–Trinajstić information content (AvgIpc) is 2.70. The standard InChI is InChI=1S/C11H18N2O2/c1-3-4-5-10(11(14)15)9(2)13-7-6-12-8-13/h6-10H,3-5H2,1-2H3,(H,14,15). The molecule has 1 aromatic rings. The van der Waals surface area contributed by atoms with E-state index in [1.54, 1.807) is 12.5 Å². The molecule has 0 aliphatic heterocycles. The molecule has 1 aromatic heterocycles. The van der Waals surface area contributed by atoms with Gasteiger partial charge in [-0.2, -0.15) is 0 Å². The summed E-state index contributed by atoms with van der Waals surface area (Å²) in [6, 6.07) is -0.0310. The molecule has 0 aliphatic carbocycles. The maximum atomic E-state index is 11.1. The zero-order valence-electron chi connectivity index (χ0n) is 9.26. The van der Waals surface area contributed by atoms with E-state index in [1.807, 2.05) is 17.7 Å². The Morgan fingerprint density at radius 2 is 2.33 bits per heavy atom. The molecule has 0 amide bonds. The van der Waals surface area contributed by atoms with Gasteiger partial charge in [0.1, 0.15) is 0 Å². The van der Waals surface area contributed by atoms with Crippen molar-refractivity contribution in [3.05, 3.63) is 18.7 Å². The molecule has 1 rings (SSSR count). The van der Waals surface area contributed by atoms with Crippen molar-refractivity contribution in [2.75, 3.05) is 0 Å². The fraction of sp³-hybridized carbons (Fsp3) is 0.636. The van der Waals surface area contributed by atoms with E-state index in [-0.39, 0.29) is 12.0 Å². The maximum absolute atomic E-state index is 11.1. The van der Waals surface area contributed by atoms with Gasteiger partial charge in [0.25, 0.3) is 0 Å². The van der Waals surface area contributed by atoms with Crippen molar-refractivity contribution < 1.29 is 9.90 Å². The number of carboxylic acid groups (broad SMARTS) is 1. The molecule has 0 radical (unpaired) electrons. The Labute approximate surface area is 89.9 Å². The van der Waals surface area contributed by atoms with Crippen LogP contribution in [-0.4, -0.2) is 20.6 Å². The monoisotopic (exact) mass is 210 g/mol. The molecule has 0 aromatic carbocycles. The third kappa shape index (κ3) is 3.08. The minimum atomic E-state index is -0.718. The van der Waals surface area contributed by atoms with Crippen molar-refractivity contribution in [1.29, 1.82) is 0 Å². The Hall–Kier alpha value is -1.32. The molecule has 4 nitrogen and oxygen atoms in total. The third-order valence-electron chi connectivity index (χ3n) is 2.76. The van der Waals surface area contributed by atoms with Gasteiger partial charge >= 0.3 is 5.97 Å². The van der Waals surface area contributed by atoms with Crippen molar-refractivity contribution in [2.24, 2.45) is 5.92 Å². The molecule has 2 atom stereocenters. The summed E-state index contributed by atoms with van der Waals surface area (Å²) in [6.07, 6.45) is 7.87. The Balaban J connectivity index is 2.67. The molecule has 4 heteroatoms. The van der Waals surface area contributed by atoms with Gasteiger partial charge in [0.2, 0.25) is 0 Å². The second kappa shape index (κ2) is 5.53. The van der Waals surface area contributed by atoms with Crippen molar-refractivity contribution in [3.63, 3.8) is 0 Å². The molecule has 0 spiro atoms. The van der Waals surface area contributed by atoms with E-state index in [1.165, 1.54) is 0 Å². The number of hydrogen-bond acceptors (Lipinski definition) is 2. The highest BCUT2D eigenvalue weighted by Gasteiger charge is 2.24. The van der Waals surface area contributed by atoms with Crippen molar-refractivity contribution >= 4 is 5.97 Å². The van der Waals surface area contributed by atoms with E-state index in [0.29, 0.717) is 0 Å². The van der Waals surface area contributed by atoms with E-state index >= 15 is 0 Å². The average molecular weight is 210 g/mol. The quantitative estimate of drug-likeness (QED) is 0.784. The highest BCUT2D eigenvalue weighted by Crippen LogP contribution is 2.23. The zero-order chi connectivity index (χ0) is 11.3. The SMILES string of the molecule is CCCCC(C(=O)O)C(C)n1ccnc1. The summed E-state index contributed by atoms with van der Waals surface area (Å²) in [5.41, 5.74) is 0. The van der Waals surface area contributed by atoms with Crippen LogP contribution in [0.2, 0.25) is 0 Å². The summed E-state index contributed by atoms with van der Waals surface area (Å²) in [7, 11) is 0. The first-order valence-corrected chi connectivity index (χ1v) is 5.37. The lowest BCUT2D eigenvalue weighted by Crippen LogP contribution is -2.23. The third-order valence-corrected chi connectivity index (χ3v) is 2.76. The Morgan fingerprint density at radius 1 is 1.60 bits per heavy atom. The molecule has 0 fully saturated rings. The van der Waals surface area contributed by atoms with Crippen LogP contribution in [0.4, 0.5) is 0 Å². The number of rotatable bonds is 6. The first-order valence-electron chi connectivity index (χ1n) is 5.37. The molecule has 0 aliphatic rings. The van der Waals surface area contributed by atoms with Gasteiger partial charge < -0.3 is 9.67 Å². The van der Waals surface area contributed by atoms with Gasteiger partial charge in [-0.1, -0.05) is 19.8 Å². The predicted molar refractivity (Wildman–Crippen MR) is 57.6 cm³/mol. The van der Waals surface area contributed by atoms with Crippen LogP contribution in [0.25, 0.3) is 0 Å². The van der Waals surface area contributed by atoms with Gasteiger partial charge in [0.15, 0.2) is 0 Å². The fourth-order valence-corrected chi connectivity index (χ4v) is 1.71. The fourth-order valence-electron chi connectivity index (χ4n) is 1.71. The number of hydrogen-bond donors (Lipinski definition) is 1. The van der Waals surface area contributed by atoms with Gasteiger partial charge in [-0.3, -0.25) is 4.79 Å². The number of carbonyl (C=O) groups is 1. The summed E-state index contributed by atoms with van der Waals surface area (Å²) in [5, 5.41) is 9.14. The van der Waals surface area contributed by atoms with Crippen molar-refractivity contribution in [1.82, 2.24) is 9.55 Å². The Kier molecular flexibility index (Phi) is 4.34. The number of carboxylic acids is 1. The number of aromatic nitrogens is 2. The zero-order valence-corrected chi connectivity index (χ0v) is 9.26. The maximum Gasteiger partial charge on any atom is 0.308 e. The molecule has 84 valence electrons. The normalized spacial score (nSPS) is 14.8. The lowest BCUT2D eigenvalue weighted by Gasteiger charge is -2.21. The molecule has 0 saturated heterocycles. The Bertz CT molecular complexity index is 296. The number of imidazole rings is 1. The number of unbranched alkanes of at least 4 members (excludes halogenated alkanes) is 1. The van der Waals surface area contributed by atoms with Crippen LogP contribution in [0, 0.1) is 5.92 Å². The number of nitrogens with zero attached hydrogens (tertiary/aromatic N) is 2. The van der Waals surface area contributed by atoms with E-state index < -0.39 is 5.97 Å². The van der Waals surface area contributed by atoms with Crippen molar-refractivity contribution in [2.45, 2.75) is 39.2 Å². The van der Waals surface area contributed by atoms with Gasteiger partial charge in [-0.25, -0.2) is 4.98 Å². The van der Waals surface area contributed by atoms with Gasteiger partial charge in [-0.05, 0) is 13.3 Å². The second-order valence-corrected chi connectivity index (χ2v) is 3.84. The molecular weight excluding hydrogens is 192 g/mol. The highest BCUT2D eigenvalue weighted by atomic mass is 16.4. The van der Waals surface area contributed by atoms with Crippen LogP contribution in [-0.2, 0) is 4.79 Å². The summed E-state index contributed by atoms with van der Waals surface area (Å²) in [6.45, 7) is 4.00. The summed E-state index contributed by atoms with van der Waals surface area (Å²) in [5.74, 6) is -1.04. The van der Waals surface area contributed by atoms with E-state index in [0.717, 1.165) is 19.3 Å². The molecular formula is C11H18N2O2. The van der Waals surface area contributed by atoms with Crippen LogP contribution in [0.1, 0.15) is 39.2 Å².